The van der Waals surface area contributed by atoms with E-state index >= 15 is 8.78 Å². The monoisotopic (exact) mass is 727 g/mol. The van der Waals surface area contributed by atoms with Gasteiger partial charge < -0.3 is 25.6 Å². The van der Waals surface area contributed by atoms with Crippen molar-refractivity contribution in [3.63, 3.8) is 0 Å². The second-order valence-corrected chi connectivity index (χ2v) is 17.0. The zero-order chi connectivity index (χ0) is 31.8. The Labute approximate surface area is 263 Å². The number of anilines is 2. The molecule has 7 rings (SSSR count). The summed E-state index contributed by atoms with van der Waals surface area (Å²) in [6, 6.07) is 1.48. The number of nitrogens with zero attached hydrogens (tertiary/aromatic N) is 8. The third-order valence-electron chi connectivity index (χ3n) is 7.07. The number of nitrogen functional groups attached to an aromatic ring is 2. The van der Waals surface area contributed by atoms with Crippen molar-refractivity contribution < 1.29 is 41.1 Å². The maximum atomic E-state index is 16.0. The summed E-state index contributed by atoms with van der Waals surface area (Å²) in [5.41, 5.74) is 11.1. The molecular weight excluding hydrogens is 706 g/mol. The number of nitrogens with two attached hydrogens (primary N) is 2. The second-order valence-electron chi connectivity index (χ2n) is 9.95. The van der Waals surface area contributed by atoms with Crippen LogP contribution in [0.2, 0.25) is 0 Å². The molecule has 19 nitrogen and oxygen atoms in total. The summed E-state index contributed by atoms with van der Waals surface area (Å²) in [7, 11) is 0. The SMILES string of the molecule is Nc1nc2c(nnn2[C@@H]2S[C@@H]3COP(O)(=S)O[C@H]4[C@H](F)[C@H](n5nnc6c(N)ccnc65)O[C@@H]4COP(=O)(S)O[C@@H]2[C@@H]3F)c(=O)[nH]1. The molecule has 0 aliphatic carbocycles. The number of halogens is 2. The molecule has 26 heteroatoms. The minimum atomic E-state index is -4.46. The minimum absolute atomic E-state index is 0.0905. The molecule has 0 amide bonds. The molecule has 10 atom stereocenters. The molecule has 3 saturated heterocycles. The quantitative estimate of drug-likeness (QED) is 0.141. The Morgan fingerprint density at radius 3 is 2.64 bits per heavy atom. The highest BCUT2D eigenvalue weighted by Gasteiger charge is 2.54. The Morgan fingerprint density at radius 1 is 1.09 bits per heavy atom. The Morgan fingerprint density at radius 2 is 1.84 bits per heavy atom. The molecule has 2 unspecified atom stereocenters. The van der Waals surface area contributed by atoms with Crippen LogP contribution in [-0.4, -0.2) is 99.0 Å². The van der Waals surface area contributed by atoms with Gasteiger partial charge in [0.25, 0.3) is 5.56 Å². The standard InChI is InChI=1S/C19H21F2N11O8P2S3/c20-8-7-4-37-42(35,44)39-12-6(38-17(9(12)21)31-14-10(27-29-31)5(22)1-2-24-14)3-36-41(34,43)40-13(8)18(45-7)32-15-11(28-30-32)16(33)26-19(23)25-15/h1-2,6-9,12-13,17-18H,3-4H2,(H2,22,24)(H,34,43)(H,35,44)(H3,23,25,26,33)/t6-,7-,8-,9+,12-,13-,17-,18-,41?,42?/m1/s1. The zero-order valence-corrected chi connectivity index (χ0v) is 26.5. The van der Waals surface area contributed by atoms with Crippen molar-refractivity contribution >= 4 is 83.3 Å². The van der Waals surface area contributed by atoms with E-state index in [0.717, 1.165) is 21.1 Å². The van der Waals surface area contributed by atoms with E-state index in [4.69, 9.17) is 46.1 Å². The number of thioether (sulfide) groups is 1. The third kappa shape index (κ3) is 5.64. The van der Waals surface area contributed by atoms with E-state index in [2.05, 4.69) is 47.8 Å². The van der Waals surface area contributed by atoms with E-state index in [1.54, 1.807) is 0 Å². The molecule has 0 spiro atoms. The van der Waals surface area contributed by atoms with Gasteiger partial charge in [0.2, 0.25) is 5.95 Å². The molecule has 4 aromatic rings. The summed E-state index contributed by atoms with van der Waals surface area (Å²) >= 11 is 10.0. The number of ether oxygens (including phenoxy) is 1. The number of thiol groups is 1. The molecule has 45 heavy (non-hydrogen) atoms. The summed E-state index contributed by atoms with van der Waals surface area (Å²) in [6.45, 7) is -9.99. The predicted octanol–water partition coefficient (Wildman–Crippen LogP) is 0.778. The van der Waals surface area contributed by atoms with Crippen molar-refractivity contribution in [2.24, 2.45) is 0 Å². The van der Waals surface area contributed by atoms with Crippen molar-refractivity contribution in [3.05, 3.63) is 22.6 Å². The molecule has 2 bridgehead atoms. The van der Waals surface area contributed by atoms with E-state index in [0.29, 0.717) is 0 Å². The largest absolute Gasteiger partial charge is 0.397 e. The van der Waals surface area contributed by atoms with Crippen LogP contribution in [0.3, 0.4) is 0 Å². The van der Waals surface area contributed by atoms with Crippen molar-refractivity contribution in [2.75, 3.05) is 24.7 Å². The number of hydrogen-bond donors (Lipinski definition) is 5. The van der Waals surface area contributed by atoms with Crippen molar-refractivity contribution in [2.45, 2.75) is 47.5 Å². The van der Waals surface area contributed by atoms with Crippen LogP contribution in [0.1, 0.15) is 11.6 Å². The summed E-state index contributed by atoms with van der Waals surface area (Å²) in [5, 5.41) is 13.2. The third-order valence-corrected chi connectivity index (χ3v) is 11.7. The second kappa shape index (κ2) is 11.4. The Kier molecular flexibility index (Phi) is 7.92. The van der Waals surface area contributed by atoms with Gasteiger partial charge in [-0.2, -0.15) is 9.67 Å². The smallest absolute Gasteiger partial charge is 0.386 e. The molecule has 4 aromatic heterocycles. The van der Waals surface area contributed by atoms with Crippen LogP contribution in [0.4, 0.5) is 20.4 Å². The lowest BCUT2D eigenvalue weighted by Gasteiger charge is -2.26. The van der Waals surface area contributed by atoms with Gasteiger partial charge in [0.05, 0.1) is 24.2 Å². The van der Waals surface area contributed by atoms with Gasteiger partial charge in [-0.3, -0.25) is 23.3 Å². The number of rotatable bonds is 2. The predicted molar refractivity (Wildman–Crippen MR) is 159 cm³/mol. The van der Waals surface area contributed by atoms with E-state index in [-0.39, 0.29) is 34.0 Å². The lowest BCUT2D eigenvalue weighted by atomic mass is 10.1. The van der Waals surface area contributed by atoms with Gasteiger partial charge in [0.1, 0.15) is 29.9 Å². The number of nitrogens with one attached hydrogen (secondary N) is 1. The van der Waals surface area contributed by atoms with Gasteiger partial charge in [0, 0.05) is 6.20 Å². The van der Waals surface area contributed by atoms with Crippen LogP contribution in [-0.2, 0) is 39.2 Å². The average molecular weight is 728 g/mol. The summed E-state index contributed by atoms with van der Waals surface area (Å²) < 4.78 is 75.3. The number of pyridine rings is 1. The fraction of sp³-hybridized carbons (Fsp3) is 0.526. The highest BCUT2D eigenvalue weighted by Crippen LogP contribution is 2.60. The summed E-state index contributed by atoms with van der Waals surface area (Å²) in [4.78, 5) is 33.7. The fourth-order valence-electron chi connectivity index (χ4n) is 5.06. The molecule has 3 aliphatic rings. The van der Waals surface area contributed by atoms with Gasteiger partial charge in [-0.05, 0) is 17.9 Å². The number of hydrogen-bond acceptors (Lipinski definition) is 17. The maximum Gasteiger partial charge on any atom is 0.386 e. The summed E-state index contributed by atoms with van der Waals surface area (Å²) in [5.74, 6) is -0.259. The summed E-state index contributed by atoms with van der Waals surface area (Å²) in [6.07, 6.45) is -8.81. The van der Waals surface area contributed by atoms with Crippen molar-refractivity contribution in [1.29, 1.82) is 0 Å². The lowest BCUT2D eigenvalue weighted by Crippen LogP contribution is -2.34. The normalized spacial score (nSPS) is 37.7. The Hall–Kier alpha value is -2.37. The maximum absolute atomic E-state index is 16.0. The van der Waals surface area contributed by atoms with Crippen LogP contribution in [0.15, 0.2) is 17.1 Å². The number of fused-ring (bicyclic) bond motifs is 5. The first-order valence-electron chi connectivity index (χ1n) is 12.8. The molecule has 3 fully saturated rings. The molecule has 6 N–H and O–H groups in total. The first-order chi connectivity index (χ1) is 21.3. The van der Waals surface area contributed by atoms with Crippen LogP contribution < -0.4 is 17.0 Å². The highest BCUT2D eigenvalue weighted by molar-refractivity contribution is 8.44. The molecule has 3 aliphatic heterocycles. The topological polar surface area (TPSA) is 256 Å². The van der Waals surface area contributed by atoms with Crippen LogP contribution in [0.25, 0.3) is 22.3 Å². The zero-order valence-electron chi connectivity index (χ0n) is 22.1. The van der Waals surface area contributed by atoms with Crippen LogP contribution >= 0.6 is 37.5 Å². The first-order valence-corrected chi connectivity index (χ1v) is 19.0. The van der Waals surface area contributed by atoms with Gasteiger partial charge in [-0.15, -0.1) is 22.0 Å². The number of aromatic nitrogens is 9. The number of alkyl halides is 2. The average Bonchev–Trinajstić information content (AvgIpc) is 3.72. The first kappa shape index (κ1) is 31.2. The molecule has 242 valence electrons. The van der Waals surface area contributed by atoms with Crippen LogP contribution in [0.5, 0.6) is 0 Å². The Bertz CT molecular complexity index is 1950. The molecule has 0 radical (unpaired) electrons. The lowest BCUT2D eigenvalue weighted by molar-refractivity contribution is -0.0479. The Balaban J connectivity index is 1.21. The molecule has 7 heterocycles. The van der Waals surface area contributed by atoms with Gasteiger partial charge >= 0.3 is 13.5 Å². The van der Waals surface area contributed by atoms with Gasteiger partial charge in [-0.1, -0.05) is 22.7 Å². The van der Waals surface area contributed by atoms with Gasteiger partial charge in [-0.25, -0.2) is 23.0 Å². The molecule has 0 saturated carbocycles. The van der Waals surface area contributed by atoms with Crippen LogP contribution in [0, 0.1) is 0 Å². The van der Waals surface area contributed by atoms with E-state index in [9.17, 15) is 14.3 Å². The number of aromatic amines is 1. The van der Waals surface area contributed by atoms with Crippen molar-refractivity contribution in [3.8, 4) is 0 Å². The minimum Gasteiger partial charge on any atom is -0.397 e. The van der Waals surface area contributed by atoms with E-state index in [1.165, 1.54) is 12.3 Å². The van der Waals surface area contributed by atoms with E-state index in [1.807, 2.05) is 0 Å². The van der Waals surface area contributed by atoms with Crippen molar-refractivity contribution in [1.82, 2.24) is 44.9 Å². The molecule has 0 aromatic carbocycles. The highest BCUT2D eigenvalue weighted by atomic mass is 32.7. The molecular formula is C19H21F2N11O8P2S3. The van der Waals surface area contributed by atoms with E-state index < -0.39 is 79.8 Å². The fourth-order valence-corrected chi connectivity index (χ4v) is 9.58. The number of H-pyrrole nitrogens is 1. The van der Waals surface area contributed by atoms with Gasteiger partial charge in [0.15, 0.2) is 34.7 Å².